The van der Waals surface area contributed by atoms with Crippen LogP contribution in [0, 0.1) is 5.82 Å². The monoisotopic (exact) mass is 298 g/mol. The zero-order chi connectivity index (χ0) is 14.2. The Morgan fingerprint density at radius 1 is 1.37 bits per heavy atom. The maximum Gasteiger partial charge on any atom is 0.129 e. The van der Waals surface area contributed by atoms with E-state index >= 15 is 0 Å². The van der Waals surface area contributed by atoms with Crippen molar-refractivity contribution >= 4 is 22.9 Å². The van der Waals surface area contributed by atoms with Crippen LogP contribution in [-0.2, 0) is 5.41 Å². The van der Waals surface area contributed by atoms with E-state index in [0.717, 1.165) is 5.69 Å². The molecule has 1 aromatic heterocycles. The SMILES string of the molecule is CC(C)(C)c1csc(C(N)c2c(F)cccc2Cl)n1. The van der Waals surface area contributed by atoms with Gasteiger partial charge >= 0.3 is 0 Å². The van der Waals surface area contributed by atoms with Gasteiger partial charge in [-0.05, 0) is 12.1 Å². The standard InChI is InChI=1S/C14H16ClFN2S/c1-14(2,3)10-7-19-13(18-10)12(17)11-8(15)5-4-6-9(11)16/h4-7,12H,17H2,1-3H3. The fourth-order valence-electron chi connectivity index (χ4n) is 1.71. The number of benzene rings is 1. The Bertz CT molecular complexity index is 569. The van der Waals surface area contributed by atoms with E-state index in [1.807, 2.05) is 5.38 Å². The second-order valence-electron chi connectivity index (χ2n) is 5.43. The summed E-state index contributed by atoms with van der Waals surface area (Å²) < 4.78 is 13.8. The molecule has 0 aliphatic heterocycles. The fourth-order valence-corrected chi connectivity index (χ4v) is 3.04. The number of rotatable bonds is 2. The summed E-state index contributed by atoms with van der Waals surface area (Å²) in [5, 5.41) is 2.97. The lowest BCUT2D eigenvalue weighted by atomic mass is 9.93. The Morgan fingerprint density at radius 3 is 2.58 bits per heavy atom. The molecular weight excluding hydrogens is 283 g/mol. The molecule has 1 aromatic carbocycles. The van der Waals surface area contributed by atoms with Crippen LogP contribution in [0.3, 0.4) is 0 Å². The number of hydrogen-bond acceptors (Lipinski definition) is 3. The number of thiazole rings is 1. The molecule has 2 nitrogen and oxygen atoms in total. The van der Waals surface area contributed by atoms with Crippen LogP contribution in [0.15, 0.2) is 23.6 Å². The van der Waals surface area contributed by atoms with Crippen molar-refractivity contribution in [3.63, 3.8) is 0 Å². The van der Waals surface area contributed by atoms with Crippen molar-refractivity contribution in [3.8, 4) is 0 Å². The van der Waals surface area contributed by atoms with E-state index in [-0.39, 0.29) is 5.41 Å². The molecule has 0 fully saturated rings. The molecule has 5 heteroatoms. The van der Waals surface area contributed by atoms with Crippen LogP contribution >= 0.6 is 22.9 Å². The minimum Gasteiger partial charge on any atom is -0.318 e. The lowest BCUT2D eigenvalue weighted by Crippen LogP contribution is -2.16. The van der Waals surface area contributed by atoms with Crippen molar-refractivity contribution in [3.05, 3.63) is 50.7 Å². The van der Waals surface area contributed by atoms with Crippen LogP contribution in [-0.4, -0.2) is 4.98 Å². The molecule has 0 saturated carbocycles. The van der Waals surface area contributed by atoms with Gasteiger partial charge in [0, 0.05) is 21.4 Å². The third kappa shape index (κ3) is 2.96. The van der Waals surface area contributed by atoms with Crippen molar-refractivity contribution in [2.75, 3.05) is 0 Å². The fraction of sp³-hybridized carbons (Fsp3) is 0.357. The first kappa shape index (κ1) is 14.4. The largest absolute Gasteiger partial charge is 0.318 e. The van der Waals surface area contributed by atoms with Gasteiger partial charge in [-0.3, -0.25) is 0 Å². The predicted molar refractivity (Wildman–Crippen MR) is 78.3 cm³/mol. The molecule has 2 aromatic rings. The van der Waals surface area contributed by atoms with Gasteiger partial charge in [-0.1, -0.05) is 38.4 Å². The molecule has 0 radical (unpaired) electrons. The van der Waals surface area contributed by atoms with Crippen LogP contribution in [0.1, 0.15) is 43.1 Å². The van der Waals surface area contributed by atoms with Crippen molar-refractivity contribution in [1.29, 1.82) is 0 Å². The second-order valence-corrected chi connectivity index (χ2v) is 6.73. The number of hydrogen-bond donors (Lipinski definition) is 1. The zero-order valence-electron chi connectivity index (χ0n) is 11.1. The van der Waals surface area contributed by atoms with E-state index in [4.69, 9.17) is 17.3 Å². The normalized spacial score (nSPS) is 13.6. The molecule has 2 rings (SSSR count). The van der Waals surface area contributed by atoms with Gasteiger partial charge in [0.2, 0.25) is 0 Å². The van der Waals surface area contributed by atoms with Gasteiger partial charge < -0.3 is 5.73 Å². The summed E-state index contributed by atoms with van der Waals surface area (Å²) in [6.07, 6.45) is 0. The van der Waals surface area contributed by atoms with Crippen LogP contribution in [0.2, 0.25) is 5.02 Å². The average Bonchev–Trinajstić information content (AvgIpc) is 2.77. The van der Waals surface area contributed by atoms with Crippen molar-refractivity contribution < 1.29 is 4.39 Å². The number of nitrogens with zero attached hydrogens (tertiary/aromatic N) is 1. The highest BCUT2D eigenvalue weighted by Crippen LogP contribution is 2.32. The first-order chi connectivity index (χ1) is 8.80. The molecule has 19 heavy (non-hydrogen) atoms. The van der Waals surface area contributed by atoms with E-state index in [2.05, 4.69) is 25.8 Å². The van der Waals surface area contributed by atoms with Crippen molar-refractivity contribution in [2.24, 2.45) is 5.73 Å². The molecule has 0 aliphatic rings. The number of halogens is 2. The van der Waals surface area contributed by atoms with E-state index in [9.17, 15) is 4.39 Å². The minimum absolute atomic E-state index is 0.0481. The Hall–Kier alpha value is -0.970. The minimum atomic E-state index is -0.630. The molecule has 0 spiro atoms. The molecular formula is C14H16ClFN2S. The lowest BCUT2D eigenvalue weighted by molar-refractivity contribution is 0.567. The van der Waals surface area contributed by atoms with Gasteiger partial charge in [-0.15, -0.1) is 11.3 Å². The van der Waals surface area contributed by atoms with Gasteiger partial charge in [0.1, 0.15) is 10.8 Å². The van der Waals surface area contributed by atoms with Crippen molar-refractivity contribution in [1.82, 2.24) is 4.98 Å². The summed E-state index contributed by atoms with van der Waals surface area (Å²) in [6, 6.07) is 3.93. The van der Waals surface area contributed by atoms with Gasteiger partial charge in [-0.2, -0.15) is 0 Å². The molecule has 0 aliphatic carbocycles. The van der Waals surface area contributed by atoms with Crippen LogP contribution in [0.4, 0.5) is 4.39 Å². The molecule has 0 bridgehead atoms. The lowest BCUT2D eigenvalue weighted by Gasteiger charge is -2.15. The first-order valence-electron chi connectivity index (χ1n) is 5.96. The summed E-state index contributed by atoms with van der Waals surface area (Å²) in [5.74, 6) is -0.396. The average molecular weight is 299 g/mol. The Morgan fingerprint density at radius 2 is 2.05 bits per heavy atom. The Balaban J connectivity index is 2.40. The Kier molecular flexibility index (Phi) is 3.95. The zero-order valence-corrected chi connectivity index (χ0v) is 12.6. The molecule has 0 saturated heterocycles. The van der Waals surface area contributed by atoms with Gasteiger partial charge in [0.25, 0.3) is 0 Å². The molecule has 1 heterocycles. The predicted octanol–water partition coefficient (Wildman–Crippen LogP) is 4.28. The summed E-state index contributed by atoms with van der Waals surface area (Å²) in [4.78, 5) is 4.51. The third-order valence-electron chi connectivity index (χ3n) is 2.87. The first-order valence-corrected chi connectivity index (χ1v) is 7.22. The maximum atomic E-state index is 13.8. The molecule has 1 atom stereocenters. The summed E-state index contributed by atoms with van der Waals surface area (Å²) in [6.45, 7) is 6.23. The summed E-state index contributed by atoms with van der Waals surface area (Å²) in [7, 11) is 0. The smallest absolute Gasteiger partial charge is 0.129 e. The van der Waals surface area contributed by atoms with Gasteiger partial charge in [-0.25, -0.2) is 9.37 Å². The van der Waals surface area contributed by atoms with Crippen molar-refractivity contribution in [2.45, 2.75) is 32.2 Å². The topological polar surface area (TPSA) is 38.9 Å². The van der Waals surface area contributed by atoms with E-state index in [1.54, 1.807) is 12.1 Å². The van der Waals surface area contributed by atoms with E-state index in [0.29, 0.717) is 15.6 Å². The van der Waals surface area contributed by atoms with E-state index < -0.39 is 11.9 Å². The highest BCUT2D eigenvalue weighted by molar-refractivity contribution is 7.09. The Labute approximate surface area is 121 Å². The third-order valence-corrected chi connectivity index (χ3v) is 4.12. The van der Waals surface area contributed by atoms with E-state index in [1.165, 1.54) is 17.4 Å². The summed E-state index contributed by atoms with van der Waals surface area (Å²) in [5.41, 5.74) is 7.31. The molecule has 102 valence electrons. The maximum absolute atomic E-state index is 13.8. The van der Waals surface area contributed by atoms with Crippen LogP contribution < -0.4 is 5.73 Å². The quantitative estimate of drug-likeness (QED) is 0.898. The van der Waals surface area contributed by atoms with Gasteiger partial charge in [0.05, 0.1) is 11.7 Å². The van der Waals surface area contributed by atoms with Crippen LogP contribution in [0.25, 0.3) is 0 Å². The number of nitrogens with two attached hydrogens (primary N) is 1. The molecule has 0 amide bonds. The van der Waals surface area contributed by atoms with Gasteiger partial charge in [0.15, 0.2) is 0 Å². The van der Waals surface area contributed by atoms with Crippen LogP contribution in [0.5, 0.6) is 0 Å². The highest BCUT2D eigenvalue weighted by atomic mass is 35.5. The number of aromatic nitrogens is 1. The highest BCUT2D eigenvalue weighted by Gasteiger charge is 2.23. The molecule has 2 N–H and O–H groups in total. The summed E-state index contributed by atoms with van der Waals surface area (Å²) >= 11 is 7.46. The second kappa shape index (κ2) is 5.19. The molecule has 1 unspecified atom stereocenters.